The first-order valence-corrected chi connectivity index (χ1v) is 8.14. The van der Waals surface area contributed by atoms with Gasteiger partial charge in [-0.25, -0.2) is 0 Å². The maximum absolute atomic E-state index is 3.73. The number of rotatable bonds is 5. The van der Waals surface area contributed by atoms with E-state index in [4.69, 9.17) is 0 Å². The van der Waals surface area contributed by atoms with Crippen LogP contribution in [0.5, 0.6) is 0 Å². The molecule has 21 heavy (non-hydrogen) atoms. The quantitative estimate of drug-likeness (QED) is 0.863. The van der Waals surface area contributed by atoms with Gasteiger partial charge in [0.25, 0.3) is 0 Å². The molecule has 1 aliphatic carbocycles. The Balaban J connectivity index is 1.80. The Bertz CT molecular complexity index is 585. The number of fused-ring (bicyclic) bond motifs is 1. The van der Waals surface area contributed by atoms with Crippen molar-refractivity contribution in [2.45, 2.75) is 45.1 Å². The van der Waals surface area contributed by atoms with Crippen molar-refractivity contribution < 1.29 is 0 Å². The molecule has 1 N–H and O–H groups in total. The van der Waals surface area contributed by atoms with E-state index in [1.54, 1.807) is 11.1 Å². The molecule has 0 amide bonds. The largest absolute Gasteiger partial charge is 0.313 e. The van der Waals surface area contributed by atoms with E-state index in [1.807, 2.05) is 0 Å². The van der Waals surface area contributed by atoms with Gasteiger partial charge >= 0.3 is 0 Å². The van der Waals surface area contributed by atoms with Gasteiger partial charge in [-0.05, 0) is 49.4 Å². The Kier molecular flexibility index (Phi) is 4.40. The van der Waals surface area contributed by atoms with Crippen molar-refractivity contribution in [3.8, 4) is 0 Å². The SMILES string of the molecule is CCNC(Cc1ccc(C)cc1)C1CCc2ccccc21. The van der Waals surface area contributed by atoms with Gasteiger partial charge in [0.05, 0.1) is 0 Å². The zero-order chi connectivity index (χ0) is 14.7. The van der Waals surface area contributed by atoms with Crippen LogP contribution in [-0.2, 0) is 12.8 Å². The third-order valence-corrected chi connectivity index (χ3v) is 4.71. The van der Waals surface area contributed by atoms with Crippen LogP contribution in [-0.4, -0.2) is 12.6 Å². The molecule has 0 saturated heterocycles. The van der Waals surface area contributed by atoms with Crippen LogP contribution >= 0.6 is 0 Å². The van der Waals surface area contributed by atoms with E-state index in [0.29, 0.717) is 12.0 Å². The van der Waals surface area contributed by atoms with Crippen molar-refractivity contribution in [3.05, 3.63) is 70.8 Å². The lowest BCUT2D eigenvalue weighted by Gasteiger charge is -2.25. The van der Waals surface area contributed by atoms with Crippen molar-refractivity contribution in [3.63, 3.8) is 0 Å². The van der Waals surface area contributed by atoms with Crippen LogP contribution in [0, 0.1) is 6.92 Å². The molecule has 0 heterocycles. The van der Waals surface area contributed by atoms with Crippen molar-refractivity contribution >= 4 is 0 Å². The summed E-state index contributed by atoms with van der Waals surface area (Å²) in [6.07, 6.45) is 3.63. The predicted molar refractivity (Wildman–Crippen MR) is 89.9 cm³/mol. The summed E-state index contributed by atoms with van der Waals surface area (Å²) in [6.45, 7) is 5.40. The number of hydrogen-bond donors (Lipinski definition) is 1. The molecule has 0 bridgehead atoms. The highest BCUT2D eigenvalue weighted by Crippen LogP contribution is 2.36. The van der Waals surface area contributed by atoms with Crippen molar-refractivity contribution in [2.75, 3.05) is 6.54 Å². The molecular weight excluding hydrogens is 254 g/mol. The molecule has 0 aromatic heterocycles. The molecule has 2 atom stereocenters. The molecule has 1 aliphatic rings. The molecule has 2 aromatic carbocycles. The number of likely N-dealkylation sites (N-methyl/N-ethyl adjacent to an activating group) is 1. The zero-order valence-electron chi connectivity index (χ0n) is 13.1. The molecule has 110 valence electrons. The van der Waals surface area contributed by atoms with E-state index in [1.165, 1.54) is 24.0 Å². The molecule has 0 saturated carbocycles. The van der Waals surface area contributed by atoms with Crippen LogP contribution in [0.15, 0.2) is 48.5 Å². The highest BCUT2D eigenvalue weighted by Gasteiger charge is 2.28. The van der Waals surface area contributed by atoms with Gasteiger partial charge in [0, 0.05) is 12.0 Å². The monoisotopic (exact) mass is 279 g/mol. The van der Waals surface area contributed by atoms with Crippen LogP contribution in [0.25, 0.3) is 0 Å². The second-order valence-corrected chi connectivity index (χ2v) is 6.20. The summed E-state index contributed by atoms with van der Waals surface area (Å²) in [4.78, 5) is 0. The van der Waals surface area contributed by atoms with Gasteiger partial charge < -0.3 is 5.32 Å². The first-order chi connectivity index (χ1) is 10.3. The van der Waals surface area contributed by atoms with E-state index in [0.717, 1.165) is 13.0 Å². The first kappa shape index (κ1) is 14.3. The average Bonchev–Trinajstić information content (AvgIpc) is 2.93. The fourth-order valence-electron chi connectivity index (χ4n) is 3.61. The Morgan fingerprint density at radius 1 is 1.10 bits per heavy atom. The van der Waals surface area contributed by atoms with Gasteiger partial charge in [-0.3, -0.25) is 0 Å². The predicted octanol–water partition coefficient (Wildman–Crippen LogP) is 4.25. The zero-order valence-corrected chi connectivity index (χ0v) is 13.1. The molecule has 2 unspecified atom stereocenters. The number of aryl methyl sites for hydroxylation is 2. The third kappa shape index (κ3) is 3.19. The number of hydrogen-bond acceptors (Lipinski definition) is 1. The second-order valence-electron chi connectivity index (χ2n) is 6.20. The molecule has 0 aliphatic heterocycles. The third-order valence-electron chi connectivity index (χ3n) is 4.71. The Hall–Kier alpha value is -1.60. The molecule has 0 fully saturated rings. The van der Waals surface area contributed by atoms with Crippen LogP contribution in [0.1, 0.15) is 41.5 Å². The fourth-order valence-corrected chi connectivity index (χ4v) is 3.61. The summed E-state index contributed by atoms with van der Waals surface area (Å²) in [7, 11) is 0. The van der Waals surface area contributed by atoms with E-state index in [2.05, 4.69) is 67.7 Å². The highest BCUT2D eigenvalue weighted by molar-refractivity contribution is 5.36. The van der Waals surface area contributed by atoms with Crippen molar-refractivity contribution in [1.82, 2.24) is 5.32 Å². The minimum Gasteiger partial charge on any atom is -0.313 e. The molecule has 2 aromatic rings. The van der Waals surface area contributed by atoms with Gasteiger partial charge in [-0.15, -0.1) is 0 Å². The van der Waals surface area contributed by atoms with E-state index < -0.39 is 0 Å². The van der Waals surface area contributed by atoms with Crippen molar-refractivity contribution in [2.24, 2.45) is 0 Å². The molecule has 3 rings (SSSR count). The maximum Gasteiger partial charge on any atom is 0.0176 e. The fraction of sp³-hybridized carbons (Fsp3) is 0.400. The molecule has 1 heteroatoms. The maximum atomic E-state index is 3.73. The minimum absolute atomic E-state index is 0.543. The van der Waals surface area contributed by atoms with Gasteiger partial charge in [-0.1, -0.05) is 61.0 Å². The summed E-state index contributed by atoms with van der Waals surface area (Å²) in [5, 5.41) is 3.73. The minimum atomic E-state index is 0.543. The van der Waals surface area contributed by atoms with Gasteiger partial charge in [0.1, 0.15) is 0 Å². The number of nitrogens with one attached hydrogen (secondary N) is 1. The normalized spacial score (nSPS) is 18.5. The first-order valence-electron chi connectivity index (χ1n) is 8.14. The Morgan fingerprint density at radius 3 is 2.62 bits per heavy atom. The summed E-state index contributed by atoms with van der Waals surface area (Å²) in [6, 6.07) is 18.5. The highest BCUT2D eigenvalue weighted by atomic mass is 14.9. The van der Waals surface area contributed by atoms with Gasteiger partial charge in [-0.2, -0.15) is 0 Å². The van der Waals surface area contributed by atoms with Gasteiger partial charge in [0.2, 0.25) is 0 Å². The summed E-state index contributed by atoms with van der Waals surface area (Å²) >= 11 is 0. The van der Waals surface area contributed by atoms with Gasteiger partial charge in [0.15, 0.2) is 0 Å². The Morgan fingerprint density at radius 2 is 1.86 bits per heavy atom. The lowest BCUT2D eigenvalue weighted by Crippen LogP contribution is -2.36. The van der Waals surface area contributed by atoms with E-state index >= 15 is 0 Å². The smallest absolute Gasteiger partial charge is 0.0176 e. The summed E-state index contributed by atoms with van der Waals surface area (Å²) in [5.41, 5.74) is 5.89. The van der Waals surface area contributed by atoms with Crippen LogP contribution in [0.3, 0.4) is 0 Å². The lowest BCUT2D eigenvalue weighted by molar-refractivity contribution is 0.435. The second kappa shape index (κ2) is 6.44. The van der Waals surface area contributed by atoms with Crippen LogP contribution in [0.2, 0.25) is 0 Å². The molecular formula is C20H25N. The lowest BCUT2D eigenvalue weighted by atomic mass is 9.88. The Labute approximate surface area is 128 Å². The number of benzene rings is 2. The van der Waals surface area contributed by atoms with E-state index in [9.17, 15) is 0 Å². The van der Waals surface area contributed by atoms with E-state index in [-0.39, 0.29) is 0 Å². The molecule has 0 radical (unpaired) electrons. The summed E-state index contributed by atoms with van der Waals surface area (Å²) < 4.78 is 0. The van der Waals surface area contributed by atoms with Crippen LogP contribution in [0.4, 0.5) is 0 Å². The van der Waals surface area contributed by atoms with Crippen molar-refractivity contribution in [1.29, 1.82) is 0 Å². The summed E-state index contributed by atoms with van der Waals surface area (Å²) in [5.74, 6) is 0.655. The average molecular weight is 279 g/mol. The standard InChI is InChI=1S/C20H25N/c1-3-21-20(14-16-10-8-15(2)9-11-16)19-13-12-17-6-4-5-7-18(17)19/h4-11,19-21H,3,12-14H2,1-2H3. The topological polar surface area (TPSA) is 12.0 Å². The molecule has 1 nitrogen and oxygen atoms in total. The molecule has 0 spiro atoms. The van der Waals surface area contributed by atoms with Crippen LogP contribution < -0.4 is 5.32 Å².